The van der Waals surface area contributed by atoms with E-state index in [1.165, 1.54) is 0 Å². The van der Waals surface area contributed by atoms with Crippen molar-refractivity contribution in [1.29, 1.82) is 0 Å². The lowest BCUT2D eigenvalue weighted by Crippen LogP contribution is -2.01. The molecule has 1 aromatic rings. The highest BCUT2D eigenvalue weighted by Crippen LogP contribution is 2.13. The molecule has 1 aromatic heterocycles. The van der Waals surface area contributed by atoms with Crippen LogP contribution in [0.4, 0.5) is 0 Å². The molecule has 0 spiro atoms. The van der Waals surface area contributed by atoms with E-state index in [0.717, 1.165) is 11.1 Å². The van der Waals surface area contributed by atoms with Gasteiger partial charge in [-0.2, -0.15) is 0 Å². The SMILES string of the molecule is C=C(c1ccncc1)C(C)O. The molecule has 1 unspecified atom stereocenters. The number of hydrogen-bond donors (Lipinski definition) is 1. The Bertz CT molecular complexity index is 241. The molecule has 1 N–H and O–H groups in total. The first-order valence-electron chi connectivity index (χ1n) is 3.49. The van der Waals surface area contributed by atoms with Crippen molar-refractivity contribution in [2.45, 2.75) is 13.0 Å². The van der Waals surface area contributed by atoms with Crippen LogP contribution >= 0.6 is 0 Å². The largest absolute Gasteiger partial charge is 0.389 e. The summed E-state index contributed by atoms with van der Waals surface area (Å²) < 4.78 is 0. The van der Waals surface area contributed by atoms with E-state index >= 15 is 0 Å². The van der Waals surface area contributed by atoms with Crippen molar-refractivity contribution in [2.75, 3.05) is 0 Å². The Hall–Kier alpha value is -1.15. The Kier molecular flexibility index (Phi) is 2.39. The molecule has 0 aromatic carbocycles. The van der Waals surface area contributed by atoms with E-state index in [1.54, 1.807) is 19.3 Å². The molecule has 0 saturated heterocycles. The fourth-order valence-corrected chi connectivity index (χ4v) is 0.807. The molecular formula is C9H11NO. The lowest BCUT2D eigenvalue weighted by atomic mass is 10.1. The third-order valence-electron chi connectivity index (χ3n) is 1.56. The summed E-state index contributed by atoms with van der Waals surface area (Å²) in [7, 11) is 0. The normalized spacial score (nSPS) is 12.5. The summed E-state index contributed by atoms with van der Waals surface area (Å²) in [5, 5.41) is 9.15. The molecule has 0 aliphatic rings. The number of aliphatic hydroxyl groups excluding tert-OH is 1. The van der Waals surface area contributed by atoms with Crippen LogP contribution < -0.4 is 0 Å². The first kappa shape index (κ1) is 7.95. The smallest absolute Gasteiger partial charge is 0.0762 e. The average molecular weight is 149 g/mol. The predicted molar refractivity (Wildman–Crippen MR) is 45.0 cm³/mol. The highest BCUT2D eigenvalue weighted by Gasteiger charge is 2.02. The number of aliphatic hydroxyl groups is 1. The molecule has 2 heteroatoms. The number of aromatic nitrogens is 1. The minimum absolute atomic E-state index is 0.489. The fourth-order valence-electron chi connectivity index (χ4n) is 0.807. The number of hydrogen-bond acceptors (Lipinski definition) is 2. The highest BCUT2D eigenvalue weighted by molar-refractivity contribution is 5.65. The van der Waals surface area contributed by atoms with Gasteiger partial charge in [0, 0.05) is 12.4 Å². The molecule has 11 heavy (non-hydrogen) atoms. The molecule has 2 nitrogen and oxygen atoms in total. The minimum atomic E-state index is -0.489. The summed E-state index contributed by atoms with van der Waals surface area (Å²) in [6, 6.07) is 3.66. The van der Waals surface area contributed by atoms with Crippen molar-refractivity contribution in [2.24, 2.45) is 0 Å². The first-order chi connectivity index (χ1) is 5.22. The van der Waals surface area contributed by atoms with Crippen LogP contribution in [0.25, 0.3) is 5.57 Å². The van der Waals surface area contributed by atoms with Crippen LogP contribution in [0.1, 0.15) is 12.5 Å². The summed E-state index contributed by atoms with van der Waals surface area (Å²) in [4.78, 5) is 3.86. The maximum Gasteiger partial charge on any atom is 0.0762 e. The highest BCUT2D eigenvalue weighted by atomic mass is 16.3. The van der Waals surface area contributed by atoms with Crippen LogP contribution in [0.15, 0.2) is 31.1 Å². The van der Waals surface area contributed by atoms with E-state index < -0.39 is 6.10 Å². The van der Waals surface area contributed by atoms with Crippen molar-refractivity contribution >= 4 is 5.57 Å². The van der Waals surface area contributed by atoms with Gasteiger partial charge in [-0.3, -0.25) is 4.98 Å². The number of rotatable bonds is 2. The average Bonchev–Trinajstić information content (AvgIpc) is 2.05. The van der Waals surface area contributed by atoms with Crippen LogP contribution in [0.5, 0.6) is 0 Å². The molecule has 1 rings (SSSR count). The van der Waals surface area contributed by atoms with Crippen molar-refractivity contribution in [3.63, 3.8) is 0 Å². The van der Waals surface area contributed by atoms with Crippen LogP contribution in [0.3, 0.4) is 0 Å². The van der Waals surface area contributed by atoms with Gasteiger partial charge < -0.3 is 5.11 Å². The van der Waals surface area contributed by atoms with Gasteiger partial charge in [-0.25, -0.2) is 0 Å². The summed E-state index contributed by atoms with van der Waals surface area (Å²) in [6.07, 6.45) is 2.88. The number of pyridine rings is 1. The summed E-state index contributed by atoms with van der Waals surface area (Å²) in [5.41, 5.74) is 1.67. The monoisotopic (exact) mass is 149 g/mol. The molecular weight excluding hydrogens is 138 g/mol. The predicted octanol–water partition coefficient (Wildman–Crippen LogP) is 1.48. The second-order valence-corrected chi connectivity index (χ2v) is 2.44. The van der Waals surface area contributed by atoms with Gasteiger partial charge in [0.15, 0.2) is 0 Å². The summed E-state index contributed by atoms with van der Waals surface area (Å²) in [6.45, 7) is 5.44. The third kappa shape index (κ3) is 1.88. The van der Waals surface area contributed by atoms with Crippen molar-refractivity contribution in [3.8, 4) is 0 Å². The van der Waals surface area contributed by atoms with E-state index in [9.17, 15) is 0 Å². The molecule has 1 heterocycles. The topological polar surface area (TPSA) is 33.1 Å². The van der Waals surface area contributed by atoms with Crippen LogP contribution in [0.2, 0.25) is 0 Å². The van der Waals surface area contributed by atoms with Crippen LogP contribution in [-0.4, -0.2) is 16.2 Å². The first-order valence-corrected chi connectivity index (χ1v) is 3.49. The van der Waals surface area contributed by atoms with E-state index in [-0.39, 0.29) is 0 Å². The molecule has 0 aliphatic heterocycles. The maximum absolute atomic E-state index is 9.15. The summed E-state index contributed by atoms with van der Waals surface area (Å²) >= 11 is 0. The van der Waals surface area contributed by atoms with Gasteiger partial charge >= 0.3 is 0 Å². The Morgan fingerprint density at radius 2 is 2.09 bits per heavy atom. The fraction of sp³-hybridized carbons (Fsp3) is 0.222. The van der Waals surface area contributed by atoms with E-state index in [1.807, 2.05) is 12.1 Å². The van der Waals surface area contributed by atoms with Gasteiger partial charge in [-0.15, -0.1) is 0 Å². The maximum atomic E-state index is 9.15. The van der Waals surface area contributed by atoms with E-state index in [4.69, 9.17) is 5.11 Å². The molecule has 58 valence electrons. The lowest BCUT2D eigenvalue weighted by molar-refractivity contribution is 0.253. The minimum Gasteiger partial charge on any atom is -0.389 e. The van der Waals surface area contributed by atoms with Crippen LogP contribution in [-0.2, 0) is 0 Å². The van der Waals surface area contributed by atoms with Gasteiger partial charge in [0.25, 0.3) is 0 Å². The van der Waals surface area contributed by atoms with Crippen molar-refractivity contribution in [1.82, 2.24) is 4.98 Å². The molecule has 0 amide bonds. The van der Waals surface area contributed by atoms with Gasteiger partial charge in [-0.1, -0.05) is 6.58 Å². The zero-order valence-corrected chi connectivity index (χ0v) is 6.49. The summed E-state index contributed by atoms with van der Waals surface area (Å²) in [5.74, 6) is 0. The Morgan fingerprint density at radius 1 is 1.55 bits per heavy atom. The number of nitrogens with zero attached hydrogens (tertiary/aromatic N) is 1. The standard InChI is InChI=1S/C9H11NO/c1-7(8(2)11)9-3-5-10-6-4-9/h3-6,8,11H,1H2,2H3. The zero-order valence-electron chi connectivity index (χ0n) is 6.49. The van der Waals surface area contributed by atoms with Crippen molar-refractivity contribution < 1.29 is 5.11 Å². The van der Waals surface area contributed by atoms with Crippen LogP contribution in [0, 0.1) is 0 Å². The van der Waals surface area contributed by atoms with Gasteiger partial charge in [-0.05, 0) is 30.2 Å². The molecule has 0 radical (unpaired) electrons. The molecule has 0 bridgehead atoms. The third-order valence-corrected chi connectivity index (χ3v) is 1.56. The molecule has 1 atom stereocenters. The molecule has 0 fully saturated rings. The van der Waals surface area contributed by atoms with E-state index in [2.05, 4.69) is 11.6 Å². The Labute approximate surface area is 66.2 Å². The van der Waals surface area contributed by atoms with Gasteiger partial charge in [0.2, 0.25) is 0 Å². The lowest BCUT2D eigenvalue weighted by Gasteiger charge is -2.07. The van der Waals surface area contributed by atoms with E-state index in [0.29, 0.717) is 0 Å². The second kappa shape index (κ2) is 3.30. The zero-order chi connectivity index (χ0) is 8.27. The molecule has 0 saturated carbocycles. The second-order valence-electron chi connectivity index (χ2n) is 2.44. The van der Waals surface area contributed by atoms with Gasteiger partial charge in [0.05, 0.1) is 6.10 Å². The van der Waals surface area contributed by atoms with Gasteiger partial charge in [0.1, 0.15) is 0 Å². The Balaban J connectivity index is 2.86. The van der Waals surface area contributed by atoms with Crippen molar-refractivity contribution in [3.05, 3.63) is 36.7 Å². The molecule has 0 aliphatic carbocycles. The Morgan fingerprint density at radius 3 is 2.55 bits per heavy atom. The quantitative estimate of drug-likeness (QED) is 0.690.